The fourth-order valence-electron chi connectivity index (χ4n) is 1.13. The third kappa shape index (κ3) is 4.08. The maximum atomic E-state index is 11.6. The van der Waals surface area contributed by atoms with Gasteiger partial charge in [0.15, 0.2) is 0 Å². The van der Waals surface area contributed by atoms with Crippen LogP contribution in [0.2, 0.25) is 0 Å². The number of nitrogens with zero attached hydrogens (tertiary/aromatic N) is 1. The van der Waals surface area contributed by atoms with Crippen LogP contribution in [0.3, 0.4) is 0 Å². The molecule has 18 heavy (non-hydrogen) atoms. The van der Waals surface area contributed by atoms with Crippen molar-refractivity contribution in [3.05, 3.63) is 24.5 Å². The van der Waals surface area contributed by atoms with E-state index >= 15 is 0 Å². The van der Waals surface area contributed by atoms with Gasteiger partial charge in [-0.25, -0.2) is 0 Å². The molecule has 0 aliphatic carbocycles. The molecule has 1 N–H and O–H groups in total. The summed E-state index contributed by atoms with van der Waals surface area (Å²) in [6.45, 7) is 5.14. The number of rotatable bonds is 4. The summed E-state index contributed by atoms with van der Waals surface area (Å²) >= 11 is 0. The van der Waals surface area contributed by atoms with Gasteiger partial charge >= 0.3 is 0 Å². The second kappa shape index (κ2) is 5.53. The smallest absolute Gasteiger partial charge is 0.292 e. The Hall–Kier alpha value is -2.04. The molecule has 0 radical (unpaired) electrons. The van der Waals surface area contributed by atoms with Gasteiger partial charge in [-0.2, -0.15) is 0 Å². The van der Waals surface area contributed by atoms with E-state index in [1.54, 1.807) is 32.9 Å². The predicted octanol–water partition coefficient (Wildman–Crippen LogP) is 1.59. The molecule has 1 heterocycles. The molecule has 0 fully saturated rings. The summed E-state index contributed by atoms with van der Waals surface area (Å²) in [6, 6.07) is 3.13. The zero-order valence-corrected chi connectivity index (χ0v) is 10.7. The van der Waals surface area contributed by atoms with E-state index in [9.17, 15) is 14.4 Å². The SMILES string of the molecule is CC(C)(C)C(=O)CC(=O)C(=O)Nc1ccncc1. The van der Waals surface area contributed by atoms with Gasteiger partial charge in [0.2, 0.25) is 5.78 Å². The van der Waals surface area contributed by atoms with Gasteiger partial charge in [0, 0.05) is 23.5 Å². The zero-order valence-electron chi connectivity index (χ0n) is 10.7. The van der Waals surface area contributed by atoms with Crippen molar-refractivity contribution >= 4 is 23.2 Å². The van der Waals surface area contributed by atoms with Crippen LogP contribution in [0, 0.1) is 5.41 Å². The number of nitrogens with one attached hydrogen (secondary N) is 1. The van der Waals surface area contributed by atoms with Crippen LogP contribution in [0.5, 0.6) is 0 Å². The maximum Gasteiger partial charge on any atom is 0.292 e. The third-order valence-electron chi connectivity index (χ3n) is 2.35. The van der Waals surface area contributed by atoms with Crippen molar-refractivity contribution in [3.8, 4) is 0 Å². The van der Waals surface area contributed by atoms with Crippen LogP contribution in [0.1, 0.15) is 27.2 Å². The maximum absolute atomic E-state index is 11.6. The van der Waals surface area contributed by atoms with Crippen molar-refractivity contribution in [1.82, 2.24) is 4.98 Å². The van der Waals surface area contributed by atoms with Gasteiger partial charge in [-0.1, -0.05) is 20.8 Å². The lowest BCUT2D eigenvalue weighted by molar-refractivity contribution is -0.139. The molecular formula is C13H16N2O3. The van der Waals surface area contributed by atoms with E-state index < -0.39 is 17.1 Å². The minimum Gasteiger partial charge on any atom is -0.319 e. The Kier molecular flexibility index (Phi) is 4.31. The van der Waals surface area contributed by atoms with Crippen LogP contribution in [0.15, 0.2) is 24.5 Å². The van der Waals surface area contributed by atoms with E-state index in [0.29, 0.717) is 5.69 Å². The van der Waals surface area contributed by atoms with E-state index in [1.165, 1.54) is 12.4 Å². The molecule has 1 amide bonds. The summed E-state index contributed by atoms with van der Waals surface area (Å²) in [7, 11) is 0. The van der Waals surface area contributed by atoms with Gasteiger partial charge in [0.25, 0.3) is 5.91 Å². The number of carbonyl (C=O) groups is 3. The Morgan fingerprint density at radius 2 is 1.72 bits per heavy atom. The van der Waals surface area contributed by atoms with Crippen LogP contribution in [-0.2, 0) is 14.4 Å². The molecule has 0 saturated carbocycles. The van der Waals surface area contributed by atoms with E-state index in [4.69, 9.17) is 0 Å². The fraction of sp³-hybridized carbons (Fsp3) is 0.385. The molecule has 0 saturated heterocycles. The zero-order chi connectivity index (χ0) is 13.8. The fourth-order valence-corrected chi connectivity index (χ4v) is 1.13. The molecule has 1 aromatic heterocycles. The Balaban J connectivity index is 2.58. The number of hydrogen-bond donors (Lipinski definition) is 1. The number of hydrogen-bond acceptors (Lipinski definition) is 4. The van der Waals surface area contributed by atoms with E-state index in [0.717, 1.165) is 0 Å². The molecule has 0 atom stereocenters. The van der Waals surface area contributed by atoms with Crippen molar-refractivity contribution in [2.75, 3.05) is 5.32 Å². The Morgan fingerprint density at radius 1 is 1.17 bits per heavy atom. The minimum atomic E-state index is -0.779. The number of aromatic nitrogens is 1. The number of amides is 1. The lowest BCUT2D eigenvalue weighted by atomic mass is 9.88. The standard InChI is InChI=1S/C13H16N2O3/c1-13(2,3)11(17)8-10(16)12(18)15-9-4-6-14-7-5-9/h4-7H,8H2,1-3H3,(H,14,15,18). The van der Waals surface area contributed by atoms with Crippen molar-refractivity contribution < 1.29 is 14.4 Å². The summed E-state index contributed by atoms with van der Waals surface area (Å²) in [4.78, 5) is 38.5. The normalized spacial score (nSPS) is 10.8. The Bertz CT molecular complexity index is 461. The van der Waals surface area contributed by atoms with Gasteiger partial charge in [-0.15, -0.1) is 0 Å². The molecule has 96 valence electrons. The number of pyridine rings is 1. The molecule has 0 aliphatic heterocycles. The quantitative estimate of drug-likeness (QED) is 0.648. The summed E-state index contributed by atoms with van der Waals surface area (Å²) in [6.07, 6.45) is 2.63. The summed E-state index contributed by atoms with van der Waals surface area (Å²) in [5.41, 5.74) is -0.140. The molecule has 0 bridgehead atoms. The first-order valence-corrected chi connectivity index (χ1v) is 5.58. The third-order valence-corrected chi connectivity index (χ3v) is 2.35. The van der Waals surface area contributed by atoms with Crippen molar-refractivity contribution in [2.24, 2.45) is 5.41 Å². The first-order chi connectivity index (χ1) is 8.30. The highest BCUT2D eigenvalue weighted by atomic mass is 16.2. The molecule has 1 rings (SSSR count). The summed E-state index contributed by atoms with van der Waals surface area (Å²) in [5, 5.41) is 2.42. The highest BCUT2D eigenvalue weighted by molar-refractivity contribution is 6.43. The number of Topliss-reactive ketones (excluding diaryl/α,β-unsaturated/α-hetero) is 2. The first kappa shape index (κ1) is 14.0. The average molecular weight is 248 g/mol. The van der Waals surface area contributed by atoms with Crippen molar-refractivity contribution in [3.63, 3.8) is 0 Å². The largest absolute Gasteiger partial charge is 0.319 e. The molecule has 0 unspecified atom stereocenters. The van der Waals surface area contributed by atoms with Gasteiger partial charge in [0.1, 0.15) is 5.78 Å². The molecule has 0 aromatic carbocycles. The number of anilines is 1. The average Bonchev–Trinajstić information content (AvgIpc) is 2.28. The number of carbonyl (C=O) groups excluding carboxylic acids is 3. The van der Waals surface area contributed by atoms with Gasteiger partial charge in [0.05, 0.1) is 6.42 Å². The highest BCUT2D eigenvalue weighted by Gasteiger charge is 2.26. The second-order valence-electron chi connectivity index (χ2n) is 4.96. The van der Waals surface area contributed by atoms with Crippen LogP contribution in [0.25, 0.3) is 0 Å². The molecule has 0 aliphatic rings. The van der Waals surface area contributed by atoms with E-state index in [-0.39, 0.29) is 12.2 Å². The molecule has 1 aromatic rings. The van der Waals surface area contributed by atoms with Crippen molar-refractivity contribution in [1.29, 1.82) is 0 Å². The monoisotopic (exact) mass is 248 g/mol. The van der Waals surface area contributed by atoms with Crippen LogP contribution in [0.4, 0.5) is 5.69 Å². The van der Waals surface area contributed by atoms with Crippen molar-refractivity contribution in [2.45, 2.75) is 27.2 Å². The lowest BCUT2D eigenvalue weighted by Crippen LogP contribution is -2.29. The molecule has 5 heteroatoms. The Labute approximate surface area is 106 Å². The molecule has 5 nitrogen and oxygen atoms in total. The minimum absolute atomic E-state index is 0.252. The Morgan fingerprint density at radius 3 is 2.22 bits per heavy atom. The number of ketones is 2. The summed E-state index contributed by atoms with van der Waals surface area (Å²) < 4.78 is 0. The lowest BCUT2D eigenvalue weighted by Gasteiger charge is -2.15. The van der Waals surface area contributed by atoms with Gasteiger partial charge in [-0.3, -0.25) is 19.4 Å². The highest BCUT2D eigenvalue weighted by Crippen LogP contribution is 2.17. The van der Waals surface area contributed by atoms with Crippen LogP contribution in [-0.4, -0.2) is 22.5 Å². The van der Waals surface area contributed by atoms with E-state index in [2.05, 4.69) is 10.3 Å². The van der Waals surface area contributed by atoms with E-state index in [1.807, 2.05) is 0 Å². The second-order valence-corrected chi connectivity index (χ2v) is 4.96. The van der Waals surface area contributed by atoms with Crippen LogP contribution < -0.4 is 5.32 Å². The van der Waals surface area contributed by atoms with Gasteiger partial charge in [-0.05, 0) is 12.1 Å². The molecular weight excluding hydrogens is 232 g/mol. The predicted molar refractivity (Wildman–Crippen MR) is 67.0 cm³/mol. The topological polar surface area (TPSA) is 76.1 Å². The van der Waals surface area contributed by atoms with Crippen LogP contribution >= 0.6 is 0 Å². The summed E-state index contributed by atoms with van der Waals surface area (Å²) in [5.74, 6) is -1.76. The first-order valence-electron chi connectivity index (χ1n) is 5.58. The molecule has 0 spiro atoms. The van der Waals surface area contributed by atoms with Gasteiger partial charge < -0.3 is 5.32 Å².